The lowest BCUT2D eigenvalue weighted by Gasteiger charge is -2.21. The Kier molecular flexibility index (Phi) is 3.86. The van der Waals surface area contributed by atoms with Crippen LogP contribution in [-0.2, 0) is 0 Å². The SMILES string of the molecule is O=C(NC1CCCCCC1O)c1cc2sccc2s1. The first-order valence-corrected chi connectivity index (χ1v) is 8.39. The molecule has 0 aliphatic heterocycles. The van der Waals surface area contributed by atoms with Gasteiger partial charge in [-0.2, -0.15) is 0 Å². The fourth-order valence-electron chi connectivity index (χ4n) is 2.57. The second kappa shape index (κ2) is 5.61. The van der Waals surface area contributed by atoms with Crippen LogP contribution < -0.4 is 5.32 Å². The lowest BCUT2D eigenvalue weighted by molar-refractivity contribution is 0.0822. The molecule has 0 spiro atoms. The second-order valence-corrected chi connectivity index (χ2v) is 7.08. The smallest absolute Gasteiger partial charge is 0.261 e. The van der Waals surface area contributed by atoms with Crippen LogP contribution in [-0.4, -0.2) is 23.2 Å². The second-order valence-electron chi connectivity index (χ2n) is 5.05. The van der Waals surface area contributed by atoms with E-state index in [0.29, 0.717) is 0 Å². The number of hydrogen-bond acceptors (Lipinski definition) is 4. The Morgan fingerprint density at radius 2 is 2.11 bits per heavy atom. The quantitative estimate of drug-likeness (QED) is 0.834. The van der Waals surface area contributed by atoms with Gasteiger partial charge in [-0.25, -0.2) is 0 Å². The maximum Gasteiger partial charge on any atom is 0.261 e. The zero-order valence-corrected chi connectivity index (χ0v) is 12.2. The molecule has 0 radical (unpaired) electrons. The van der Waals surface area contributed by atoms with Crippen LogP contribution in [0.15, 0.2) is 17.5 Å². The van der Waals surface area contributed by atoms with Crippen molar-refractivity contribution in [2.75, 3.05) is 0 Å². The largest absolute Gasteiger partial charge is 0.391 e. The Bertz CT molecular complexity index is 546. The monoisotopic (exact) mass is 295 g/mol. The summed E-state index contributed by atoms with van der Waals surface area (Å²) in [5.41, 5.74) is 0. The van der Waals surface area contributed by atoms with Crippen molar-refractivity contribution < 1.29 is 9.90 Å². The van der Waals surface area contributed by atoms with Crippen LogP contribution in [0, 0.1) is 0 Å². The van der Waals surface area contributed by atoms with Crippen molar-refractivity contribution in [2.45, 2.75) is 44.2 Å². The van der Waals surface area contributed by atoms with Crippen molar-refractivity contribution in [3.05, 3.63) is 22.4 Å². The number of amides is 1. The number of rotatable bonds is 2. The van der Waals surface area contributed by atoms with E-state index in [4.69, 9.17) is 0 Å². The molecule has 1 fully saturated rings. The molecule has 2 aromatic rings. The Hall–Kier alpha value is -0.910. The van der Waals surface area contributed by atoms with Crippen LogP contribution in [0.5, 0.6) is 0 Å². The van der Waals surface area contributed by atoms with E-state index in [1.807, 2.05) is 17.5 Å². The summed E-state index contributed by atoms with van der Waals surface area (Å²) >= 11 is 3.18. The molecule has 0 aromatic carbocycles. The summed E-state index contributed by atoms with van der Waals surface area (Å²) in [6, 6.07) is 3.90. The average Bonchev–Trinajstić information content (AvgIpc) is 2.91. The van der Waals surface area contributed by atoms with Gasteiger partial charge in [0.1, 0.15) is 0 Å². The first-order valence-electron chi connectivity index (χ1n) is 6.70. The third-order valence-electron chi connectivity index (χ3n) is 3.66. The van der Waals surface area contributed by atoms with E-state index in [9.17, 15) is 9.90 Å². The van der Waals surface area contributed by atoms with Gasteiger partial charge in [0.25, 0.3) is 5.91 Å². The highest BCUT2D eigenvalue weighted by Crippen LogP contribution is 2.30. The molecule has 1 saturated carbocycles. The molecular formula is C14H17NO2S2. The van der Waals surface area contributed by atoms with Gasteiger partial charge in [-0.05, 0) is 30.4 Å². The van der Waals surface area contributed by atoms with Gasteiger partial charge in [-0.1, -0.05) is 19.3 Å². The van der Waals surface area contributed by atoms with Gasteiger partial charge in [0, 0.05) is 9.40 Å². The number of carbonyl (C=O) groups is 1. The van der Waals surface area contributed by atoms with Gasteiger partial charge in [0.05, 0.1) is 17.0 Å². The van der Waals surface area contributed by atoms with Crippen molar-refractivity contribution in [3.63, 3.8) is 0 Å². The van der Waals surface area contributed by atoms with Crippen LogP contribution >= 0.6 is 22.7 Å². The molecule has 3 nitrogen and oxygen atoms in total. The lowest BCUT2D eigenvalue weighted by Crippen LogP contribution is -2.42. The van der Waals surface area contributed by atoms with Gasteiger partial charge in [-0.3, -0.25) is 4.79 Å². The molecule has 0 bridgehead atoms. The van der Waals surface area contributed by atoms with Gasteiger partial charge in [0.2, 0.25) is 0 Å². The number of thiophene rings is 2. The molecule has 3 rings (SSSR count). The Labute approximate surface area is 120 Å². The molecule has 2 aromatic heterocycles. The summed E-state index contributed by atoms with van der Waals surface area (Å²) in [4.78, 5) is 13.0. The fourth-order valence-corrected chi connectivity index (χ4v) is 4.59. The number of nitrogens with one attached hydrogen (secondary N) is 1. The van der Waals surface area contributed by atoms with Crippen LogP contribution in [0.2, 0.25) is 0 Å². The molecule has 2 N–H and O–H groups in total. The van der Waals surface area contributed by atoms with Crippen molar-refractivity contribution in [1.82, 2.24) is 5.32 Å². The maximum atomic E-state index is 12.2. The molecule has 1 aliphatic carbocycles. The minimum absolute atomic E-state index is 0.0423. The average molecular weight is 295 g/mol. The van der Waals surface area contributed by atoms with Gasteiger partial charge < -0.3 is 10.4 Å². The van der Waals surface area contributed by atoms with E-state index >= 15 is 0 Å². The highest BCUT2D eigenvalue weighted by molar-refractivity contribution is 7.27. The summed E-state index contributed by atoms with van der Waals surface area (Å²) in [6.07, 6.45) is 4.58. The topological polar surface area (TPSA) is 49.3 Å². The molecule has 102 valence electrons. The van der Waals surface area contributed by atoms with E-state index in [2.05, 4.69) is 5.32 Å². The molecular weight excluding hydrogens is 278 g/mol. The van der Waals surface area contributed by atoms with Crippen LogP contribution in [0.4, 0.5) is 0 Å². The molecule has 2 atom stereocenters. The van der Waals surface area contributed by atoms with E-state index < -0.39 is 6.10 Å². The third-order valence-corrected chi connectivity index (χ3v) is 5.75. The first kappa shape index (κ1) is 13.1. The Balaban J connectivity index is 1.71. The molecule has 2 unspecified atom stereocenters. The normalized spacial score (nSPS) is 24.3. The number of hydrogen-bond donors (Lipinski definition) is 2. The maximum absolute atomic E-state index is 12.2. The molecule has 5 heteroatoms. The van der Waals surface area contributed by atoms with Gasteiger partial charge >= 0.3 is 0 Å². The molecule has 0 saturated heterocycles. The standard InChI is InChI=1S/C14H17NO2S2/c16-10-5-3-1-2-4-9(10)15-14(17)13-8-12-11(19-13)6-7-18-12/h6-10,16H,1-5H2,(H,15,17). The molecule has 2 heterocycles. The number of aliphatic hydroxyl groups excluding tert-OH is 1. The molecule has 19 heavy (non-hydrogen) atoms. The summed E-state index contributed by atoms with van der Waals surface area (Å²) in [5.74, 6) is -0.0423. The summed E-state index contributed by atoms with van der Waals surface area (Å²) in [7, 11) is 0. The highest BCUT2D eigenvalue weighted by atomic mass is 32.1. The van der Waals surface area contributed by atoms with Crippen molar-refractivity contribution in [3.8, 4) is 0 Å². The molecule has 1 amide bonds. The number of fused-ring (bicyclic) bond motifs is 1. The fraction of sp³-hybridized carbons (Fsp3) is 0.500. The third kappa shape index (κ3) is 2.83. The minimum atomic E-state index is -0.396. The van der Waals surface area contributed by atoms with Crippen LogP contribution in [0.1, 0.15) is 41.8 Å². The predicted octanol–water partition coefficient (Wildman–Crippen LogP) is 3.39. The lowest BCUT2D eigenvalue weighted by atomic mass is 10.1. The van der Waals surface area contributed by atoms with Gasteiger partial charge in [-0.15, -0.1) is 22.7 Å². The van der Waals surface area contributed by atoms with Crippen LogP contribution in [0.25, 0.3) is 9.40 Å². The minimum Gasteiger partial charge on any atom is -0.391 e. The van der Waals surface area contributed by atoms with Crippen LogP contribution in [0.3, 0.4) is 0 Å². The molecule has 1 aliphatic rings. The van der Waals surface area contributed by atoms with E-state index in [1.54, 1.807) is 11.3 Å². The summed E-state index contributed by atoms with van der Waals surface area (Å²) < 4.78 is 2.33. The summed E-state index contributed by atoms with van der Waals surface area (Å²) in [6.45, 7) is 0. The van der Waals surface area contributed by atoms with E-state index in [1.165, 1.54) is 11.3 Å². The van der Waals surface area contributed by atoms with Crippen molar-refractivity contribution in [2.24, 2.45) is 0 Å². The van der Waals surface area contributed by atoms with Crippen molar-refractivity contribution in [1.29, 1.82) is 0 Å². The Morgan fingerprint density at radius 1 is 1.26 bits per heavy atom. The summed E-state index contributed by atoms with van der Waals surface area (Å²) in [5, 5.41) is 15.1. The highest BCUT2D eigenvalue weighted by Gasteiger charge is 2.24. The zero-order chi connectivity index (χ0) is 13.2. The van der Waals surface area contributed by atoms with Gasteiger partial charge in [0.15, 0.2) is 0 Å². The zero-order valence-electron chi connectivity index (χ0n) is 10.6. The number of aliphatic hydroxyl groups is 1. The van der Waals surface area contributed by atoms with Crippen molar-refractivity contribution >= 4 is 38.0 Å². The first-order chi connectivity index (χ1) is 9.24. The van der Waals surface area contributed by atoms with E-state index in [-0.39, 0.29) is 11.9 Å². The Morgan fingerprint density at radius 3 is 2.95 bits per heavy atom. The number of carbonyl (C=O) groups excluding carboxylic acids is 1. The van der Waals surface area contributed by atoms with E-state index in [0.717, 1.165) is 46.4 Å². The predicted molar refractivity (Wildman–Crippen MR) is 80.0 cm³/mol.